The van der Waals surface area contributed by atoms with E-state index in [1.165, 1.54) is 0 Å². The van der Waals surface area contributed by atoms with E-state index in [-0.39, 0.29) is 0 Å². The van der Waals surface area contributed by atoms with Gasteiger partial charge < -0.3 is 5.73 Å². The van der Waals surface area contributed by atoms with Gasteiger partial charge in [-0.05, 0) is 46.3 Å². The second kappa shape index (κ2) is 4.40. The summed E-state index contributed by atoms with van der Waals surface area (Å²) in [5.41, 5.74) is 8.87. The maximum Gasteiger partial charge on any atom is 0.205 e. The fourth-order valence-electron chi connectivity index (χ4n) is 1.96. The van der Waals surface area contributed by atoms with E-state index in [4.69, 9.17) is 5.73 Å². The first-order valence-corrected chi connectivity index (χ1v) is 6.94. The number of nitrogens with zero attached hydrogens (tertiary/aromatic N) is 2. The lowest BCUT2D eigenvalue weighted by atomic mass is 10.3. The molecule has 3 rings (SSSR count). The molecule has 1 aromatic heterocycles. The highest BCUT2D eigenvalue weighted by molar-refractivity contribution is 9.10. The Morgan fingerprint density at radius 1 is 1.06 bits per heavy atom. The molecule has 0 aliphatic carbocycles. The van der Waals surface area contributed by atoms with Gasteiger partial charge in [-0.2, -0.15) is 0 Å². The molecule has 0 amide bonds. The fourth-order valence-corrected chi connectivity index (χ4v) is 2.77. The van der Waals surface area contributed by atoms with Gasteiger partial charge in [0, 0.05) is 8.95 Å². The van der Waals surface area contributed by atoms with Gasteiger partial charge in [0.15, 0.2) is 0 Å². The van der Waals surface area contributed by atoms with Gasteiger partial charge in [-0.15, -0.1) is 0 Å². The molecular formula is C13H9Br2N3. The van der Waals surface area contributed by atoms with Crippen molar-refractivity contribution in [3.63, 3.8) is 0 Å². The summed E-state index contributed by atoms with van der Waals surface area (Å²) in [6.07, 6.45) is 0. The fraction of sp³-hybridized carbons (Fsp3) is 0. The SMILES string of the molecule is Nc1nc2cc(Br)ccc2n1-c1ccccc1Br. The van der Waals surface area contributed by atoms with Crippen LogP contribution in [0.3, 0.4) is 0 Å². The molecule has 3 nitrogen and oxygen atoms in total. The molecule has 0 radical (unpaired) electrons. The largest absolute Gasteiger partial charge is 0.369 e. The number of imidazole rings is 1. The lowest BCUT2D eigenvalue weighted by molar-refractivity contribution is 1.10. The van der Waals surface area contributed by atoms with Gasteiger partial charge in [0.2, 0.25) is 5.95 Å². The molecule has 0 fully saturated rings. The van der Waals surface area contributed by atoms with E-state index in [0.29, 0.717) is 5.95 Å². The molecule has 3 aromatic rings. The number of hydrogen-bond donors (Lipinski definition) is 1. The van der Waals surface area contributed by atoms with Crippen LogP contribution in [0.15, 0.2) is 51.4 Å². The summed E-state index contributed by atoms with van der Waals surface area (Å²) in [5, 5.41) is 0. The van der Waals surface area contributed by atoms with E-state index >= 15 is 0 Å². The lowest BCUT2D eigenvalue weighted by Gasteiger charge is -2.08. The zero-order valence-electron chi connectivity index (χ0n) is 9.27. The Balaban J connectivity index is 2.36. The summed E-state index contributed by atoms with van der Waals surface area (Å²) >= 11 is 6.98. The van der Waals surface area contributed by atoms with Crippen LogP contribution >= 0.6 is 31.9 Å². The van der Waals surface area contributed by atoms with Crippen molar-refractivity contribution in [1.29, 1.82) is 0 Å². The van der Waals surface area contributed by atoms with Gasteiger partial charge in [-0.1, -0.05) is 28.1 Å². The molecule has 0 unspecified atom stereocenters. The van der Waals surface area contributed by atoms with Gasteiger partial charge in [-0.25, -0.2) is 4.98 Å². The third-order valence-electron chi connectivity index (χ3n) is 2.74. The minimum absolute atomic E-state index is 0.481. The first-order valence-electron chi connectivity index (χ1n) is 5.35. The highest BCUT2D eigenvalue weighted by Gasteiger charge is 2.11. The Morgan fingerprint density at radius 2 is 1.83 bits per heavy atom. The Labute approximate surface area is 121 Å². The van der Waals surface area contributed by atoms with Crippen LogP contribution in [-0.4, -0.2) is 9.55 Å². The molecule has 0 saturated carbocycles. The van der Waals surface area contributed by atoms with E-state index < -0.39 is 0 Å². The Kier molecular flexibility index (Phi) is 2.87. The number of nitrogens with two attached hydrogens (primary N) is 1. The zero-order chi connectivity index (χ0) is 12.7. The van der Waals surface area contributed by atoms with Crippen LogP contribution in [0.25, 0.3) is 16.7 Å². The molecule has 0 saturated heterocycles. The summed E-state index contributed by atoms with van der Waals surface area (Å²) < 4.78 is 3.91. The van der Waals surface area contributed by atoms with Crippen LogP contribution in [0.2, 0.25) is 0 Å². The Hall–Kier alpha value is -1.33. The zero-order valence-corrected chi connectivity index (χ0v) is 12.4. The number of aromatic nitrogens is 2. The maximum absolute atomic E-state index is 6.02. The maximum atomic E-state index is 6.02. The molecule has 0 spiro atoms. The van der Waals surface area contributed by atoms with Crippen molar-refractivity contribution < 1.29 is 0 Å². The molecule has 0 aliphatic heterocycles. The lowest BCUT2D eigenvalue weighted by Crippen LogP contribution is -2.01. The number of anilines is 1. The van der Waals surface area contributed by atoms with Gasteiger partial charge in [-0.3, -0.25) is 4.57 Å². The van der Waals surface area contributed by atoms with Crippen LogP contribution in [0.1, 0.15) is 0 Å². The van der Waals surface area contributed by atoms with E-state index in [0.717, 1.165) is 25.7 Å². The van der Waals surface area contributed by atoms with Crippen molar-refractivity contribution in [2.75, 3.05) is 5.73 Å². The highest BCUT2D eigenvalue weighted by Crippen LogP contribution is 2.29. The van der Waals surface area contributed by atoms with Gasteiger partial charge in [0.1, 0.15) is 0 Å². The molecule has 0 aliphatic rings. The second-order valence-electron chi connectivity index (χ2n) is 3.89. The van der Waals surface area contributed by atoms with Crippen molar-refractivity contribution >= 4 is 48.8 Å². The van der Waals surface area contributed by atoms with Crippen LogP contribution in [-0.2, 0) is 0 Å². The Bertz CT molecular complexity index is 734. The van der Waals surface area contributed by atoms with Crippen molar-refractivity contribution in [3.8, 4) is 5.69 Å². The summed E-state index contributed by atoms with van der Waals surface area (Å²) in [7, 11) is 0. The molecule has 18 heavy (non-hydrogen) atoms. The van der Waals surface area contributed by atoms with Crippen LogP contribution < -0.4 is 5.73 Å². The van der Waals surface area contributed by atoms with E-state index in [1.807, 2.05) is 47.0 Å². The van der Waals surface area contributed by atoms with Crippen LogP contribution in [0.5, 0.6) is 0 Å². The van der Waals surface area contributed by atoms with Gasteiger partial charge in [0.25, 0.3) is 0 Å². The van der Waals surface area contributed by atoms with Crippen molar-refractivity contribution in [2.24, 2.45) is 0 Å². The standard InChI is InChI=1S/C13H9Br2N3/c14-8-5-6-12-10(7-8)17-13(16)18(12)11-4-2-1-3-9(11)15/h1-7H,(H2,16,17). The normalized spacial score (nSPS) is 11.0. The average Bonchev–Trinajstić information content (AvgIpc) is 2.65. The summed E-state index contributed by atoms with van der Waals surface area (Å²) in [6.45, 7) is 0. The Morgan fingerprint density at radius 3 is 2.61 bits per heavy atom. The predicted octanol–water partition coefficient (Wildman–Crippen LogP) is 4.13. The second-order valence-corrected chi connectivity index (χ2v) is 5.66. The summed E-state index contributed by atoms with van der Waals surface area (Å²) in [5.74, 6) is 0.481. The summed E-state index contributed by atoms with van der Waals surface area (Å²) in [4.78, 5) is 4.38. The van der Waals surface area contributed by atoms with E-state index in [9.17, 15) is 0 Å². The smallest absolute Gasteiger partial charge is 0.205 e. The molecule has 0 atom stereocenters. The van der Waals surface area contributed by atoms with Crippen molar-refractivity contribution in [2.45, 2.75) is 0 Å². The number of rotatable bonds is 1. The molecule has 1 heterocycles. The highest BCUT2D eigenvalue weighted by atomic mass is 79.9. The first-order chi connectivity index (χ1) is 8.66. The monoisotopic (exact) mass is 365 g/mol. The van der Waals surface area contributed by atoms with Gasteiger partial charge in [0.05, 0.1) is 16.7 Å². The number of para-hydroxylation sites is 1. The van der Waals surface area contributed by atoms with Gasteiger partial charge >= 0.3 is 0 Å². The van der Waals surface area contributed by atoms with Crippen LogP contribution in [0.4, 0.5) is 5.95 Å². The molecule has 90 valence electrons. The van der Waals surface area contributed by atoms with E-state index in [1.54, 1.807) is 0 Å². The molecule has 5 heteroatoms. The topological polar surface area (TPSA) is 43.8 Å². The summed E-state index contributed by atoms with van der Waals surface area (Å²) in [6, 6.07) is 13.9. The average molecular weight is 367 g/mol. The predicted molar refractivity (Wildman–Crippen MR) is 80.9 cm³/mol. The van der Waals surface area contributed by atoms with Crippen molar-refractivity contribution in [1.82, 2.24) is 9.55 Å². The third kappa shape index (κ3) is 1.83. The molecule has 2 aromatic carbocycles. The minimum atomic E-state index is 0.481. The van der Waals surface area contributed by atoms with Crippen molar-refractivity contribution in [3.05, 3.63) is 51.4 Å². The minimum Gasteiger partial charge on any atom is -0.369 e. The van der Waals surface area contributed by atoms with Crippen LogP contribution in [0, 0.1) is 0 Å². The number of halogens is 2. The molecule has 0 bridgehead atoms. The number of hydrogen-bond acceptors (Lipinski definition) is 2. The molecule has 2 N–H and O–H groups in total. The number of benzene rings is 2. The number of nitrogen functional groups attached to an aromatic ring is 1. The van der Waals surface area contributed by atoms with E-state index in [2.05, 4.69) is 36.8 Å². The quantitative estimate of drug-likeness (QED) is 0.703. The first kappa shape index (κ1) is 11.7. The molecular weight excluding hydrogens is 358 g/mol. The third-order valence-corrected chi connectivity index (χ3v) is 3.90. The number of fused-ring (bicyclic) bond motifs is 1.